The number of piperidine rings is 1. The molecule has 5 heteroatoms. The highest BCUT2D eigenvalue weighted by molar-refractivity contribution is 5.89. The van der Waals surface area contributed by atoms with E-state index in [0.717, 1.165) is 56.9 Å². The molecule has 0 spiro atoms. The summed E-state index contributed by atoms with van der Waals surface area (Å²) in [6, 6.07) is 9.18. The molecule has 2 heterocycles. The van der Waals surface area contributed by atoms with Gasteiger partial charge in [-0.15, -0.1) is 0 Å². The lowest BCUT2D eigenvalue weighted by atomic mass is 9.94. The summed E-state index contributed by atoms with van der Waals surface area (Å²) >= 11 is 0. The molecule has 3 aliphatic rings. The fraction of sp³-hybridized carbons (Fsp3) is 0.696. The fourth-order valence-corrected chi connectivity index (χ4v) is 4.96. The van der Waals surface area contributed by atoms with Crippen LogP contribution in [-0.2, 0) is 0 Å². The molecule has 2 amide bonds. The molecule has 154 valence electrons. The minimum atomic E-state index is 0.0443. The van der Waals surface area contributed by atoms with Gasteiger partial charge >= 0.3 is 6.03 Å². The number of rotatable bonds is 3. The van der Waals surface area contributed by atoms with Gasteiger partial charge in [-0.1, -0.05) is 26.2 Å². The topological polar surface area (TPSA) is 38.8 Å². The Morgan fingerprint density at radius 2 is 1.50 bits per heavy atom. The van der Waals surface area contributed by atoms with Crippen molar-refractivity contribution in [1.82, 2.24) is 9.80 Å². The maximum atomic E-state index is 12.7. The van der Waals surface area contributed by atoms with Gasteiger partial charge in [-0.3, -0.25) is 4.90 Å². The van der Waals surface area contributed by atoms with Crippen molar-refractivity contribution in [3.05, 3.63) is 24.3 Å². The second kappa shape index (κ2) is 9.17. The molecule has 2 saturated heterocycles. The second-order valence-corrected chi connectivity index (χ2v) is 8.96. The third-order valence-corrected chi connectivity index (χ3v) is 6.96. The number of urea groups is 1. The Hall–Kier alpha value is -1.75. The first-order valence-corrected chi connectivity index (χ1v) is 11.3. The number of anilines is 2. The third kappa shape index (κ3) is 4.80. The molecule has 1 aliphatic carbocycles. The number of carbonyl (C=O) groups excluding carboxylic acids is 1. The zero-order valence-electron chi connectivity index (χ0n) is 17.4. The first-order chi connectivity index (χ1) is 13.7. The number of carbonyl (C=O) groups is 1. The van der Waals surface area contributed by atoms with Gasteiger partial charge in [-0.05, 0) is 55.9 Å². The molecule has 5 nitrogen and oxygen atoms in total. The first kappa shape index (κ1) is 19.6. The van der Waals surface area contributed by atoms with Gasteiger partial charge in [0.15, 0.2) is 0 Å². The Morgan fingerprint density at radius 3 is 2.14 bits per heavy atom. The van der Waals surface area contributed by atoms with Gasteiger partial charge in [-0.2, -0.15) is 0 Å². The van der Waals surface area contributed by atoms with Crippen molar-refractivity contribution in [3.63, 3.8) is 0 Å². The van der Waals surface area contributed by atoms with Gasteiger partial charge in [-0.25, -0.2) is 4.79 Å². The largest absolute Gasteiger partial charge is 0.372 e. The average Bonchev–Trinajstić information content (AvgIpc) is 2.76. The lowest BCUT2D eigenvalue weighted by Gasteiger charge is -2.40. The standard InChI is InChI=1S/C23H36N4O/c1-19-11-13-25(14-12-19)22-9-7-20(8-10-22)24-23(28)27-17-15-26(16-18-27)21-5-3-2-4-6-21/h7-10,19,21H,2-6,11-18H2,1H3,(H,24,28). The van der Waals surface area contributed by atoms with Crippen LogP contribution in [0.5, 0.6) is 0 Å². The van der Waals surface area contributed by atoms with Crippen LogP contribution in [0.3, 0.4) is 0 Å². The first-order valence-electron chi connectivity index (χ1n) is 11.3. The molecule has 0 aromatic heterocycles. The van der Waals surface area contributed by atoms with Gasteiger partial charge in [0.25, 0.3) is 0 Å². The number of nitrogens with zero attached hydrogens (tertiary/aromatic N) is 3. The van der Waals surface area contributed by atoms with Crippen molar-refractivity contribution in [3.8, 4) is 0 Å². The lowest BCUT2D eigenvalue weighted by molar-refractivity contribution is 0.0943. The van der Waals surface area contributed by atoms with Crippen LogP contribution in [0.15, 0.2) is 24.3 Å². The Morgan fingerprint density at radius 1 is 0.857 bits per heavy atom. The van der Waals surface area contributed by atoms with Crippen LogP contribution in [0.2, 0.25) is 0 Å². The van der Waals surface area contributed by atoms with Crippen LogP contribution in [0.25, 0.3) is 0 Å². The summed E-state index contributed by atoms with van der Waals surface area (Å²) in [4.78, 5) is 19.7. The molecule has 1 N–H and O–H groups in total. The van der Waals surface area contributed by atoms with Crippen molar-refractivity contribution in [2.45, 2.75) is 57.9 Å². The van der Waals surface area contributed by atoms with Crippen LogP contribution in [0, 0.1) is 5.92 Å². The highest BCUT2D eigenvalue weighted by Crippen LogP contribution is 2.25. The summed E-state index contributed by atoms with van der Waals surface area (Å²) < 4.78 is 0. The predicted molar refractivity (Wildman–Crippen MR) is 116 cm³/mol. The number of benzene rings is 1. The smallest absolute Gasteiger partial charge is 0.321 e. The van der Waals surface area contributed by atoms with E-state index in [0.29, 0.717) is 0 Å². The Bertz CT molecular complexity index is 625. The van der Waals surface area contributed by atoms with E-state index in [1.165, 1.54) is 50.6 Å². The van der Waals surface area contributed by atoms with Crippen LogP contribution < -0.4 is 10.2 Å². The quantitative estimate of drug-likeness (QED) is 0.839. The van der Waals surface area contributed by atoms with Crippen LogP contribution >= 0.6 is 0 Å². The van der Waals surface area contributed by atoms with Gasteiger partial charge in [0.05, 0.1) is 0 Å². The van der Waals surface area contributed by atoms with E-state index in [1.54, 1.807) is 0 Å². The van der Waals surface area contributed by atoms with E-state index < -0.39 is 0 Å². The van der Waals surface area contributed by atoms with Gasteiger partial charge < -0.3 is 15.1 Å². The number of hydrogen-bond acceptors (Lipinski definition) is 3. The molecule has 3 fully saturated rings. The highest BCUT2D eigenvalue weighted by atomic mass is 16.2. The molecule has 28 heavy (non-hydrogen) atoms. The van der Waals surface area contributed by atoms with Crippen molar-refractivity contribution in [2.24, 2.45) is 5.92 Å². The summed E-state index contributed by atoms with van der Waals surface area (Å²) in [6.45, 7) is 8.33. The molecular formula is C23H36N4O. The molecule has 4 rings (SSSR count). The normalized spacial score (nSPS) is 23.0. The van der Waals surface area contributed by atoms with Crippen molar-refractivity contribution >= 4 is 17.4 Å². The molecule has 0 unspecified atom stereocenters. The molecular weight excluding hydrogens is 348 g/mol. The average molecular weight is 385 g/mol. The van der Waals surface area contributed by atoms with Crippen LogP contribution in [0.4, 0.5) is 16.2 Å². The molecule has 1 saturated carbocycles. The molecule has 0 radical (unpaired) electrons. The molecule has 2 aliphatic heterocycles. The van der Waals surface area contributed by atoms with E-state index in [2.05, 4.69) is 34.2 Å². The second-order valence-electron chi connectivity index (χ2n) is 8.96. The highest BCUT2D eigenvalue weighted by Gasteiger charge is 2.27. The Balaban J connectivity index is 1.25. The third-order valence-electron chi connectivity index (χ3n) is 6.96. The number of amides is 2. The van der Waals surface area contributed by atoms with Gasteiger partial charge in [0.1, 0.15) is 0 Å². The van der Waals surface area contributed by atoms with Crippen molar-refractivity contribution < 1.29 is 4.79 Å². The molecule has 1 aromatic carbocycles. The molecule has 0 bridgehead atoms. The Kier molecular flexibility index (Phi) is 6.40. The monoisotopic (exact) mass is 384 g/mol. The summed E-state index contributed by atoms with van der Waals surface area (Å²) in [7, 11) is 0. The molecule has 1 aromatic rings. The minimum absolute atomic E-state index is 0.0443. The van der Waals surface area contributed by atoms with E-state index >= 15 is 0 Å². The van der Waals surface area contributed by atoms with Crippen LogP contribution in [0.1, 0.15) is 51.9 Å². The predicted octanol–water partition coefficient (Wildman–Crippen LogP) is 4.41. The SMILES string of the molecule is CC1CCN(c2ccc(NC(=O)N3CCN(C4CCCCC4)CC3)cc2)CC1. The van der Waals surface area contributed by atoms with Crippen molar-refractivity contribution in [2.75, 3.05) is 49.5 Å². The summed E-state index contributed by atoms with van der Waals surface area (Å²) in [5, 5.41) is 3.09. The number of piperazine rings is 1. The van der Waals surface area contributed by atoms with E-state index in [-0.39, 0.29) is 6.03 Å². The summed E-state index contributed by atoms with van der Waals surface area (Å²) in [6.07, 6.45) is 9.36. The maximum absolute atomic E-state index is 12.7. The molecule has 0 atom stereocenters. The van der Waals surface area contributed by atoms with Crippen LogP contribution in [-0.4, -0.2) is 61.1 Å². The van der Waals surface area contributed by atoms with E-state index in [9.17, 15) is 4.79 Å². The zero-order chi connectivity index (χ0) is 19.3. The Labute approximate surface area is 170 Å². The number of nitrogens with one attached hydrogen (secondary N) is 1. The lowest BCUT2D eigenvalue weighted by Crippen LogP contribution is -2.53. The number of hydrogen-bond donors (Lipinski definition) is 1. The summed E-state index contributed by atoms with van der Waals surface area (Å²) in [5.41, 5.74) is 2.17. The van der Waals surface area contributed by atoms with E-state index in [4.69, 9.17) is 0 Å². The minimum Gasteiger partial charge on any atom is -0.372 e. The fourth-order valence-electron chi connectivity index (χ4n) is 4.96. The maximum Gasteiger partial charge on any atom is 0.321 e. The zero-order valence-corrected chi connectivity index (χ0v) is 17.4. The van der Waals surface area contributed by atoms with E-state index in [1.807, 2.05) is 17.0 Å². The van der Waals surface area contributed by atoms with Gasteiger partial charge in [0, 0.05) is 56.7 Å². The van der Waals surface area contributed by atoms with Crippen molar-refractivity contribution in [1.29, 1.82) is 0 Å². The summed E-state index contributed by atoms with van der Waals surface area (Å²) in [5.74, 6) is 0.841. The van der Waals surface area contributed by atoms with Gasteiger partial charge in [0.2, 0.25) is 0 Å².